The quantitative estimate of drug-likeness (QED) is 0.248. The smallest absolute Gasteiger partial charge is 0.321 e. The van der Waals surface area contributed by atoms with Gasteiger partial charge in [0.05, 0.1) is 27.3 Å². The Morgan fingerprint density at radius 2 is 1.90 bits per heavy atom. The van der Waals surface area contributed by atoms with Crippen LogP contribution in [0.5, 0.6) is 0 Å². The highest BCUT2D eigenvalue weighted by atomic mass is 35.5. The summed E-state index contributed by atoms with van der Waals surface area (Å²) in [4.78, 5) is 27.3. The van der Waals surface area contributed by atoms with E-state index >= 15 is 8.78 Å². The van der Waals surface area contributed by atoms with Gasteiger partial charge in [0.25, 0.3) is 0 Å². The average Bonchev–Trinajstić information content (AvgIpc) is 3.53. The molecule has 0 bridgehead atoms. The molecule has 1 fully saturated rings. The van der Waals surface area contributed by atoms with E-state index in [1.807, 2.05) is 0 Å². The zero-order valence-electron chi connectivity index (χ0n) is 21.4. The summed E-state index contributed by atoms with van der Waals surface area (Å²) in [6.45, 7) is 2.43. The van der Waals surface area contributed by atoms with Gasteiger partial charge in [-0.2, -0.15) is 8.78 Å². The number of fused-ring (bicyclic) bond motifs is 1. The molecular weight excluding hydrogens is 545 g/mol. The van der Waals surface area contributed by atoms with Gasteiger partial charge < -0.3 is 4.57 Å². The SMILES string of the molecule is CC1CCC(Cn2c(C(F)(F)c3ccccc3F)nc3cc(-c4noc(=O)[nH]4)nc(-c4cncc(Cl)c4)c32)CC1. The lowest BCUT2D eigenvalue weighted by molar-refractivity contribution is 0.0245. The van der Waals surface area contributed by atoms with Gasteiger partial charge >= 0.3 is 11.7 Å². The fraction of sp³-hybridized carbons (Fsp3) is 0.321. The van der Waals surface area contributed by atoms with Crippen LogP contribution in [0, 0.1) is 17.7 Å². The van der Waals surface area contributed by atoms with Gasteiger partial charge in [0.2, 0.25) is 5.82 Å². The van der Waals surface area contributed by atoms with Gasteiger partial charge in [-0.3, -0.25) is 14.5 Å². The molecule has 1 aliphatic carbocycles. The lowest BCUT2D eigenvalue weighted by Gasteiger charge is -2.28. The molecule has 5 aromatic rings. The number of nitrogens with zero attached hydrogens (tertiary/aromatic N) is 5. The number of aromatic amines is 1. The third-order valence-electron chi connectivity index (χ3n) is 7.45. The zero-order chi connectivity index (χ0) is 28.0. The molecule has 1 N–H and O–H groups in total. The van der Waals surface area contributed by atoms with Crippen molar-refractivity contribution in [3.8, 4) is 22.8 Å². The number of imidazole rings is 1. The largest absolute Gasteiger partial charge is 0.439 e. The Morgan fingerprint density at radius 1 is 1.12 bits per heavy atom. The summed E-state index contributed by atoms with van der Waals surface area (Å²) in [5, 5.41) is 4.02. The van der Waals surface area contributed by atoms with Crippen LogP contribution in [0.1, 0.15) is 44.0 Å². The molecule has 0 unspecified atom stereocenters. The lowest BCUT2D eigenvalue weighted by atomic mass is 9.83. The minimum atomic E-state index is -3.77. The molecule has 0 spiro atoms. The highest BCUT2D eigenvalue weighted by Gasteiger charge is 2.43. The maximum Gasteiger partial charge on any atom is 0.439 e. The van der Waals surface area contributed by atoms with Crippen LogP contribution in [-0.4, -0.2) is 29.7 Å². The van der Waals surface area contributed by atoms with Crippen LogP contribution in [-0.2, 0) is 12.5 Å². The van der Waals surface area contributed by atoms with E-state index in [1.165, 1.54) is 35.2 Å². The first kappa shape index (κ1) is 26.2. The molecule has 206 valence electrons. The molecule has 4 heterocycles. The number of nitrogens with one attached hydrogen (secondary N) is 1. The number of pyridine rings is 2. The fourth-order valence-electron chi connectivity index (χ4n) is 5.38. The van der Waals surface area contributed by atoms with E-state index in [0.29, 0.717) is 22.0 Å². The van der Waals surface area contributed by atoms with Gasteiger partial charge in [-0.25, -0.2) is 19.2 Å². The molecule has 4 aromatic heterocycles. The fourth-order valence-corrected chi connectivity index (χ4v) is 5.56. The third kappa shape index (κ3) is 4.78. The first-order valence-electron chi connectivity index (χ1n) is 12.9. The van der Waals surface area contributed by atoms with Crippen molar-refractivity contribution in [1.82, 2.24) is 29.7 Å². The van der Waals surface area contributed by atoms with Gasteiger partial charge in [-0.05, 0) is 48.9 Å². The topological polar surface area (TPSA) is 102 Å². The molecular formula is C28H24ClF3N6O2. The highest BCUT2D eigenvalue weighted by Crippen LogP contribution is 2.42. The molecule has 12 heteroatoms. The highest BCUT2D eigenvalue weighted by molar-refractivity contribution is 6.30. The van der Waals surface area contributed by atoms with Gasteiger partial charge in [-0.15, -0.1) is 0 Å². The van der Waals surface area contributed by atoms with Gasteiger partial charge in [-0.1, -0.05) is 48.7 Å². The summed E-state index contributed by atoms with van der Waals surface area (Å²) in [5.41, 5.74) is 0.569. The second kappa shape index (κ2) is 10.2. The second-order valence-corrected chi connectivity index (χ2v) is 10.7. The van der Waals surface area contributed by atoms with E-state index in [4.69, 9.17) is 11.6 Å². The van der Waals surface area contributed by atoms with E-state index in [-0.39, 0.29) is 35.2 Å². The van der Waals surface area contributed by atoms with Crippen LogP contribution in [0.2, 0.25) is 5.02 Å². The summed E-state index contributed by atoms with van der Waals surface area (Å²) in [6.07, 6.45) is 6.67. The van der Waals surface area contributed by atoms with E-state index in [1.54, 1.807) is 6.07 Å². The van der Waals surface area contributed by atoms with Crippen LogP contribution in [0.15, 0.2) is 58.1 Å². The number of hydrogen-bond donors (Lipinski definition) is 1. The molecule has 0 amide bonds. The van der Waals surface area contributed by atoms with E-state index in [0.717, 1.165) is 37.8 Å². The predicted octanol–water partition coefficient (Wildman–Crippen LogP) is 6.60. The van der Waals surface area contributed by atoms with Gasteiger partial charge in [0, 0.05) is 24.5 Å². The molecule has 0 saturated heterocycles. The Kier molecular flexibility index (Phi) is 6.69. The van der Waals surface area contributed by atoms with Crippen molar-refractivity contribution in [2.45, 2.75) is 45.1 Å². The molecule has 1 aliphatic rings. The molecule has 8 nitrogen and oxygen atoms in total. The van der Waals surface area contributed by atoms with Gasteiger partial charge in [0.15, 0.2) is 5.82 Å². The lowest BCUT2D eigenvalue weighted by Crippen LogP contribution is -2.26. The summed E-state index contributed by atoms with van der Waals surface area (Å²) in [5.74, 6) is -5.52. The zero-order valence-corrected chi connectivity index (χ0v) is 22.1. The van der Waals surface area contributed by atoms with Crippen molar-refractivity contribution < 1.29 is 17.7 Å². The summed E-state index contributed by atoms with van der Waals surface area (Å²) in [7, 11) is 0. The molecule has 0 atom stereocenters. The van der Waals surface area contributed by atoms with Crippen molar-refractivity contribution in [3.05, 3.63) is 81.6 Å². The molecule has 1 aromatic carbocycles. The number of H-pyrrole nitrogens is 1. The minimum Gasteiger partial charge on any atom is -0.321 e. The average molecular weight is 569 g/mol. The normalized spacial score (nSPS) is 17.9. The van der Waals surface area contributed by atoms with Crippen molar-refractivity contribution in [2.75, 3.05) is 0 Å². The molecule has 1 saturated carbocycles. The molecule has 0 aliphatic heterocycles. The van der Waals surface area contributed by atoms with Crippen LogP contribution in [0.25, 0.3) is 33.8 Å². The maximum atomic E-state index is 16.2. The second-order valence-electron chi connectivity index (χ2n) is 10.3. The van der Waals surface area contributed by atoms with Crippen LogP contribution >= 0.6 is 11.6 Å². The van der Waals surface area contributed by atoms with Crippen LogP contribution in [0.4, 0.5) is 13.2 Å². The monoisotopic (exact) mass is 568 g/mol. The number of alkyl halides is 2. The Hall–Kier alpha value is -3.99. The summed E-state index contributed by atoms with van der Waals surface area (Å²) < 4.78 is 53.3. The standard InChI is InChI=1S/C28H24ClF3N6O2/c1-15-6-8-16(9-7-15)14-38-24-21(35-26(38)28(31,32)19-4-2-3-5-20(19)30)11-22(25-36-27(39)40-37-25)34-23(24)17-10-18(29)13-33-12-17/h2-5,10-13,15-16H,6-9,14H2,1H3,(H,36,37,39). The predicted molar refractivity (Wildman–Crippen MR) is 142 cm³/mol. The number of hydrogen-bond acceptors (Lipinski definition) is 6. The van der Waals surface area contributed by atoms with E-state index in [2.05, 4.69) is 36.5 Å². The Morgan fingerprint density at radius 3 is 2.60 bits per heavy atom. The molecule has 6 rings (SSSR count). The van der Waals surface area contributed by atoms with Crippen LogP contribution in [0.3, 0.4) is 0 Å². The molecule has 0 radical (unpaired) electrons. The molecule has 40 heavy (non-hydrogen) atoms. The van der Waals surface area contributed by atoms with E-state index < -0.39 is 28.9 Å². The van der Waals surface area contributed by atoms with Crippen molar-refractivity contribution >= 4 is 22.6 Å². The Labute approximate surface area is 231 Å². The van der Waals surface area contributed by atoms with E-state index in [9.17, 15) is 9.18 Å². The van der Waals surface area contributed by atoms with Gasteiger partial charge in [0.1, 0.15) is 11.5 Å². The van der Waals surface area contributed by atoms with Crippen molar-refractivity contribution in [3.63, 3.8) is 0 Å². The number of aromatic nitrogens is 6. The summed E-state index contributed by atoms with van der Waals surface area (Å²) in [6, 6.07) is 7.85. The Balaban J connectivity index is 1.64. The Bertz CT molecular complexity index is 1760. The summed E-state index contributed by atoms with van der Waals surface area (Å²) >= 11 is 6.24. The first-order chi connectivity index (χ1) is 19.2. The maximum absolute atomic E-state index is 16.2. The minimum absolute atomic E-state index is 0.00127. The number of halogens is 4. The van der Waals surface area contributed by atoms with Crippen molar-refractivity contribution in [2.24, 2.45) is 11.8 Å². The first-order valence-corrected chi connectivity index (χ1v) is 13.3. The van der Waals surface area contributed by atoms with Crippen LogP contribution < -0.4 is 5.76 Å². The number of benzene rings is 1. The number of rotatable bonds is 6. The van der Waals surface area contributed by atoms with Crippen molar-refractivity contribution in [1.29, 1.82) is 0 Å². The third-order valence-corrected chi connectivity index (χ3v) is 7.66.